The monoisotopic (exact) mass is 466 g/mol. The predicted octanol–water partition coefficient (Wildman–Crippen LogP) is 5.67. The lowest BCUT2D eigenvalue weighted by Crippen LogP contribution is -2.29. The van der Waals surface area contributed by atoms with Crippen molar-refractivity contribution in [3.8, 4) is 28.3 Å². The first-order valence-corrected chi connectivity index (χ1v) is 12.1. The van der Waals surface area contributed by atoms with Gasteiger partial charge in [0.15, 0.2) is 0 Å². The molecule has 35 heavy (non-hydrogen) atoms. The summed E-state index contributed by atoms with van der Waals surface area (Å²) >= 11 is 0. The minimum atomic E-state index is -0.105. The van der Waals surface area contributed by atoms with Crippen molar-refractivity contribution in [1.29, 1.82) is 0 Å². The van der Waals surface area contributed by atoms with E-state index in [9.17, 15) is 4.79 Å². The van der Waals surface area contributed by atoms with Crippen LogP contribution in [0.3, 0.4) is 0 Å². The topological polar surface area (TPSA) is 70.2 Å². The van der Waals surface area contributed by atoms with Gasteiger partial charge in [-0.15, -0.1) is 0 Å². The Morgan fingerprint density at radius 2 is 1.60 bits per heavy atom. The fourth-order valence-electron chi connectivity index (χ4n) is 4.44. The molecule has 0 atom stereocenters. The number of hydrogen-bond donors (Lipinski definition) is 2. The number of rotatable bonds is 7. The van der Waals surface area contributed by atoms with Crippen molar-refractivity contribution in [1.82, 2.24) is 15.5 Å². The minimum absolute atomic E-state index is 0.105. The van der Waals surface area contributed by atoms with E-state index in [1.807, 2.05) is 48.5 Å². The van der Waals surface area contributed by atoms with Crippen molar-refractivity contribution in [3.05, 3.63) is 90.0 Å². The summed E-state index contributed by atoms with van der Waals surface area (Å²) in [6.07, 6.45) is 3.88. The number of methoxy groups -OCH3 is 1. The van der Waals surface area contributed by atoms with Crippen molar-refractivity contribution in [2.75, 3.05) is 25.1 Å². The maximum Gasteiger partial charge on any atom is 0.251 e. The largest absolute Gasteiger partial charge is 0.497 e. The van der Waals surface area contributed by atoms with Crippen molar-refractivity contribution < 1.29 is 9.53 Å². The second-order valence-electron chi connectivity index (χ2n) is 8.87. The van der Waals surface area contributed by atoms with E-state index in [0.29, 0.717) is 12.1 Å². The number of ether oxygens (including phenoxy) is 1. The number of anilines is 1. The van der Waals surface area contributed by atoms with Crippen LogP contribution in [0.5, 0.6) is 5.75 Å². The smallest absolute Gasteiger partial charge is 0.251 e. The highest BCUT2D eigenvalue weighted by molar-refractivity contribution is 5.94. The molecule has 3 aromatic carbocycles. The number of carbonyl (C=O) groups excluding carboxylic acids is 1. The first-order valence-electron chi connectivity index (χ1n) is 12.1. The lowest BCUT2D eigenvalue weighted by Gasteiger charge is -2.28. The Balaban J connectivity index is 1.21. The number of carbonyl (C=O) groups is 1. The molecule has 1 amide bonds. The maximum atomic E-state index is 12.6. The van der Waals surface area contributed by atoms with E-state index in [1.54, 1.807) is 7.11 Å². The Morgan fingerprint density at radius 3 is 2.29 bits per heavy atom. The number of nitrogens with one attached hydrogen (secondary N) is 2. The van der Waals surface area contributed by atoms with Gasteiger partial charge in [0.05, 0.1) is 18.5 Å². The van der Waals surface area contributed by atoms with E-state index in [0.717, 1.165) is 46.9 Å². The molecule has 2 heterocycles. The number of benzene rings is 3. The van der Waals surface area contributed by atoms with E-state index in [-0.39, 0.29) is 5.91 Å². The third-order valence-electron chi connectivity index (χ3n) is 6.53. The Kier molecular flexibility index (Phi) is 6.80. The highest BCUT2D eigenvalue weighted by atomic mass is 16.5. The number of H-pyrrole nitrogens is 1. The molecule has 0 spiro atoms. The quantitative estimate of drug-likeness (QED) is 0.368. The van der Waals surface area contributed by atoms with Gasteiger partial charge in [-0.1, -0.05) is 36.4 Å². The Hall–Kier alpha value is -4.06. The molecule has 0 saturated carbocycles. The molecule has 0 unspecified atom stereocenters. The van der Waals surface area contributed by atoms with Crippen LogP contribution in [-0.2, 0) is 6.54 Å². The zero-order valence-corrected chi connectivity index (χ0v) is 20.0. The van der Waals surface area contributed by atoms with E-state index in [2.05, 4.69) is 50.7 Å². The van der Waals surface area contributed by atoms with Crippen molar-refractivity contribution in [3.63, 3.8) is 0 Å². The summed E-state index contributed by atoms with van der Waals surface area (Å²) in [5.74, 6) is 0.693. The van der Waals surface area contributed by atoms with E-state index in [1.165, 1.54) is 24.9 Å². The summed E-state index contributed by atoms with van der Waals surface area (Å²) in [6, 6.07) is 25.9. The fraction of sp³-hybridized carbons (Fsp3) is 0.241. The molecule has 2 N–H and O–H groups in total. The molecule has 0 aliphatic carbocycles. The standard InChI is InChI=1S/C29H30N4O2/c1-35-26-15-5-21(6-16-26)20-30-29(34)24-9-7-22(8-10-24)27-19-28(32-31-27)23-11-13-25(14-12-23)33-17-3-2-4-18-33/h5-16,19H,2-4,17-18,20H2,1H3,(H,30,34)(H,31,32). The van der Waals surface area contributed by atoms with Gasteiger partial charge < -0.3 is 15.0 Å². The zero-order valence-electron chi connectivity index (χ0n) is 20.0. The molecule has 0 bridgehead atoms. The number of amides is 1. The van der Waals surface area contributed by atoms with Gasteiger partial charge in [-0.2, -0.15) is 5.10 Å². The molecule has 0 radical (unpaired) electrons. The minimum Gasteiger partial charge on any atom is -0.497 e. The van der Waals surface area contributed by atoms with Gasteiger partial charge in [-0.05, 0) is 72.9 Å². The molecule has 1 aliphatic heterocycles. The summed E-state index contributed by atoms with van der Waals surface area (Å²) < 4.78 is 5.17. The fourth-order valence-corrected chi connectivity index (χ4v) is 4.44. The molecular weight excluding hydrogens is 436 g/mol. The molecule has 1 fully saturated rings. The van der Waals surface area contributed by atoms with Gasteiger partial charge in [0, 0.05) is 36.4 Å². The molecule has 6 nitrogen and oxygen atoms in total. The third kappa shape index (κ3) is 5.38. The molecule has 5 rings (SSSR count). The summed E-state index contributed by atoms with van der Waals surface area (Å²) in [6.45, 7) is 2.74. The number of hydrogen-bond acceptors (Lipinski definition) is 4. The van der Waals surface area contributed by atoms with Crippen LogP contribution in [0.4, 0.5) is 5.69 Å². The van der Waals surface area contributed by atoms with Crippen LogP contribution in [0.25, 0.3) is 22.5 Å². The molecule has 178 valence electrons. The second-order valence-corrected chi connectivity index (χ2v) is 8.87. The Bertz CT molecular complexity index is 1260. The van der Waals surface area contributed by atoms with Crippen LogP contribution in [0, 0.1) is 0 Å². The first-order chi connectivity index (χ1) is 17.2. The summed E-state index contributed by atoms with van der Waals surface area (Å²) in [5, 5.41) is 10.6. The SMILES string of the molecule is COc1ccc(CNC(=O)c2ccc(-c3cc(-c4ccc(N5CCCCC5)cc4)n[nH]3)cc2)cc1. The van der Waals surface area contributed by atoms with Crippen molar-refractivity contribution in [2.45, 2.75) is 25.8 Å². The van der Waals surface area contributed by atoms with Crippen molar-refractivity contribution >= 4 is 11.6 Å². The summed E-state index contributed by atoms with van der Waals surface area (Å²) in [4.78, 5) is 15.0. The van der Waals surface area contributed by atoms with Crippen LogP contribution in [0.15, 0.2) is 78.9 Å². The van der Waals surface area contributed by atoms with Crippen molar-refractivity contribution in [2.24, 2.45) is 0 Å². The highest BCUT2D eigenvalue weighted by Gasteiger charge is 2.12. The highest BCUT2D eigenvalue weighted by Crippen LogP contribution is 2.27. The normalized spacial score (nSPS) is 13.5. The summed E-state index contributed by atoms with van der Waals surface area (Å²) in [5.41, 5.74) is 6.82. The lowest BCUT2D eigenvalue weighted by atomic mass is 10.1. The van der Waals surface area contributed by atoms with Crippen LogP contribution in [0.2, 0.25) is 0 Å². The number of piperidine rings is 1. The van der Waals surface area contributed by atoms with Gasteiger partial charge in [-0.25, -0.2) is 0 Å². The van der Waals surface area contributed by atoms with Crippen LogP contribution in [0.1, 0.15) is 35.2 Å². The predicted molar refractivity (Wildman–Crippen MR) is 140 cm³/mol. The average Bonchev–Trinajstić information content (AvgIpc) is 3.43. The molecule has 1 saturated heterocycles. The van der Waals surface area contributed by atoms with E-state index >= 15 is 0 Å². The van der Waals surface area contributed by atoms with Crippen LogP contribution < -0.4 is 15.0 Å². The van der Waals surface area contributed by atoms with Gasteiger partial charge in [0.25, 0.3) is 5.91 Å². The average molecular weight is 467 g/mol. The molecule has 6 heteroatoms. The van der Waals surface area contributed by atoms with Crippen LogP contribution in [-0.4, -0.2) is 36.3 Å². The molecule has 1 aliphatic rings. The summed E-state index contributed by atoms with van der Waals surface area (Å²) in [7, 11) is 1.64. The lowest BCUT2D eigenvalue weighted by molar-refractivity contribution is 0.0951. The van der Waals surface area contributed by atoms with Crippen LogP contribution >= 0.6 is 0 Å². The second kappa shape index (κ2) is 10.5. The molecule has 4 aromatic rings. The number of nitrogens with zero attached hydrogens (tertiary/aromatic N) is 2. The Labute approximate surface area is 205 Å². The third-order valence-corrected chi connectivity index (χ3v) is 6.53. The zero-order chi connectivity index (χ0) is 24.0. The number of aromatic nitrogens is 2. The molecular formula is C29H30N4O2. The van der Waals surface area contributed by atoms with E-state index in [4.69, 9.17) is 4.74 Å². The van der Waals surface area contributed by atoms with Gasteiger partial charge in [0.2, 0.25) is 0 Å². The number of aromatic amines is 1. The van der Waals surface area contributed by atoms with Gasteiger partial charge >= 0.3 is 0 Å². The molecule has 1 aromatic heterocycles. The van der Waals surface area contributed by atoms with Gasteiger partial charge in [0.1, 0.15) is 5.75 Å². The van der Waals surface area contributed by atoms with Gasteiger partial charge in [-0.3, -0.25) is 9.89 Å². The maximum absolute atomic E-state index is 12.6. The Morgan fingerprint density at radius 1 is 0.914 bits per heavy atom. The first kappa shape index (κ1) is 22.7. The van der Waals surface area contributed by atoms with E-state index < -0.39 is 0 Å².